The molecule has 1 fully saturated rings. The Morgan fingerprint density at radius 3 is 2.50 bits per heavy atom. The highest BCUT2D eigenvalue weighted by molar-refractivity contribution is 5.83. The first-order valence-electron chi connectivity index (χ1n) is 5.57. The Labute approximate surface area is 105 Å². The average molecular weight is 250 g/mol. The van der Waals surface area contributed by atoms with Gasteiger partial charge in [-0.15, -0.1) is 0 Å². The van der Waals surface area contributed by atoms with Gasteiger partial charge in [0.1, 0.15) is 17.8 Å². The van der Waals surface area contributed by atoms with Crippen molar-refractivity contribution >= 4 is 11.9 Å². The predicted molar refractivity (Wildman–Crippen MR) is 62.0 cm³/mol. The molecule has 1 aromatic carbocycles. The number of hydrogen-bond acceptors (Lipinski definition) is 5. The lowest BCUT2D eigenvalue weighted by Crippen LogP contribution is -2.19. The van der Waals surface area contributed by atoms with E-state index in [0.29, 0.717) is 5.75 Å². The van der Waals surface area contributed by atoms with Gasteiger partial charge in [-0.3, -0.25) is 9.59 Å². The molecule has 1 saturated heterocycles. The fourth-order valence-corrected chi connectivity index (χ4v) is 2.01. The zero-order valence-electron chi connectivity index (χ0n) is 10.2. The van der Waals surface area contributed by atoms with E-state index in [2.05, 4.69) is 4.74 Å². The van der Waals surface area contributed by atoms with Crippen molar-refractivity contribution in [3.05, 3.63) is 29.8 Å². The van der Waals surface area contributed by atoms with E-state index in [1.807, 2.05) is 0 Å². The van der Waals surface area contributed by atoms with Crippen molar-refractivity contribution in [1.82, 2.24) is 0 Å². The molecule has 96 valence electrons. The zero-order chi connectivity index (χ0) is 13.1. The first-order chi connectivity index (χ1) is 8.65. The van der Waals surface area contributed by atoms with Gasteiger partial charge in [0.2, 0.25) is 0 Å². The first kappa shape index (κ1) is 12.4. The topological polar surface area (TPSA) is 61.8 Å². The van der Waals surface area contributed by atoms with Gasteiger partial charge in [0.25, 0.3) is 0 Å². The standard InChI is InChI=1S/C13H14O5/c1-16-9-5-3-8(4-6-9)12-10(13(15)17-2)7-11(14)18-12/h3-6,10,12H,7H2,1-2H3/t10-,12+/m0/s1. The molecule has 1 aliphatic rings. The number of hydrogen-bond donors (Lipinski definition) is 0. The molecule has 0 N–H and O–H groups in total. The van der Waals surface area contributed by atoms with Crippen molar-refractivity contribution in [2.45, 2.75) is 12.5 Å². The minimum atomic E-state index is -0.573. The Morgan fingerprint density at radius 1 is 1.28 bits per heavy atom. The van der Waals surface area contributed by atoms with Crippen LogP contribution in [-0.2, 0) is 19.1 Å². The van der Waals surface area contributed by atoms with Crippen molar-refractivity contribution in [3.63, 3.8) is 0 Å². The molecule has 0 saturated carbocycles. The van der Waals surface area contributed by atoms with Crippen LogP contribution in [0.4, 0.5) is 0 Å². The Kier molecular flexibility index (Phi) is 3.50. The van der Waals surface area contributed by atoms with Crippen LogP contribution < -0.4 is 4.74 Å². The van der Waals surface area contributed by atoms with E-state index in [0.717, 1.165) is 5.56 Å². The van der Waals surface area contributed by atoms with Gasteiger partial charge in [0, 0.05) is 0 Å². The molecule has 0 unspecified atom stereocenters. The molecule has 0 aromatic heterocycles. The number of esters is 2. The smallest absolute Gasteiger partial charge is 0.313 e. The molecular formula is C13H14O5. The largest absolute Gasteiger partial charge is 0.497 e. The normalized spacial score (nSPS) is 22.4. The summed E-state index contributed by atoms with van der Waals surface area (Å²) < 4.78 is 14.9. The SMILES string of the molecule is COC(=O)[C@H]1CC(=O)O[C@@H]1c1ccc(OC)cc1. The van der Waals surface area contributed by atoms with Crippen molar-refractivity contribution in [1.29, 1.82) is 0 Å². The highest BCUT2D eigenvalue weighted by Crippen LogP contribution is 2.36. The highest BCUT2D eigenvalue weighted by atomic mass is 16.6. The van der Waals surface area contributed by atoms with Crippen LogP contribution >= 0.6 is 0 Å². The maximum atomic E-state index is 11.6. The summed E-state index contributed by atoms with van der Waals surface area (Å²) in [7, 11) is 2.87. The summed E-state index contributed by atoms with van der Waals surface area (Å²) in [5.41, 5.74) is 0.761. The second-order valence-corrected chi connectivity index (χ2v) is 4.02. The number of carbonyl (C=O) groups excluding carboxylic acids is 2. The maximum Gasteiger partial charge on any atom is 0.313 e. The van der Waals surface area contributed by atoms with Crippen LogP contribution in [0.15, 0.2) is 24.3 Å². The molecule has 1 aromatic rings. The lowest BCUT2D eigenvalue weighted by Gasteiger charge is -2.16. The van der Waals surface area contributed by atoms with Crippen LogP contribution in [0.2, 0.25) is 0 Å². The first-order valence-corrected chi connectivity index (χ1v) is 5.57. The van der Waals surface area contributed by atoms with E-state index in [1.54, 1.807) is 31.4 Å². The van der Waals surface area contributed by atoms with Crippen LogP contribution in [-0.4, -0.2) is 26.2 Å². The third-order valence-corrected chi connectivity index (χ3v) is 2.96. The van der Waals surface area contributed by atoms with Gasteiger partial charge in [-0.05, 0) is 17.7 Å². The molecule has 0 aliphatic carbocycles. The number of cyclic esters (lactones) is 1. The third-order valence-electron chi connectivity index (χ3n) is 2.96. The molecule has 1 heterocycles. The van der Waals surface area contributed by atoms with Crippen LogP contribution in [0.3, 0.4) is 0 Å². The van der Waals surface area contributed by atoms with Gasteiger partial charge in [-0.25, -0.2) is 0 Å². The predicted octanol–water partition coefficient (Wildman–Crippen LogP) is 1.47. The molecule has 18 heavy (non-hydrogen) atoms. The van der Waals surface area contributed by atoms with Gasteiger partial charge in [-0.2, -0.15) is 0 Å². The molecule has 1 aliphatic heterocycles. The van der Waals surface area contributed by atoms with Crippen molar-refractivity contribution in [3.8, 4) is 5.75 Å². The number of benzene rings is 1. The average Bonchev–Trinajstić information content (AvgIpc) is 2.80. The van der Waals surface area contributed by atoms with Crippen LogP contribution in [0, 0.1) is 5.92 Å². The summed E-state index contributed by atoms with van der Waals surface area (Å²) in [6.45, 7) is 0. The molecule has 0 bridgehead atoms. The minimum absolute atomic E-state index is 0.0589. The summed E-state index contributed by atoms with van der Waals surface area (Å²) in [5.74, 6) is -0.679. The second-order valence-electron chi connectivity index (χ2n) is 4.02. The van der Waals surface area contributed by atoms with E-state index < -0.39 is 18.0 Å². The van der Waals surface area contributed by atoms with E-state index in [1.165, 1.54) is 7.11 Å². The van der Waals surface area contributed by atoms with E-state index in [4.69, 9.17) is 9.47 Å². The van der Waals surface area contributed by atoms with E-state index in [-0.39, 0.29) is 12.4 Å². The van der Waals surface area contributed by atoms with E-state index in [9.17, 15) is 9.59 Å². The summed E-state index contributed by atoms with van der Waals surface area (Å²) in [6.07, 6.45) is -0.514. The lowest BCUT2D eigenvalue weighted by molar-refractivity contribution is -0.147. The van der Waals surface area contributed by atoms with Gasteiger partial charge in [0.15, 0.2) is 0 Å². The highest BCUT2D eigenvalue weighted by Gasteiger charge is 2.41. The number of carbonyl (C=O) groups is 2. The Bertz CT molecular complexity index is 451. The second kappa shape index (κ2) is 5.08. The molecule has 5 nitrogen and oxygen atoms in total. The van der Waals surface area contributed by atoms with Crippen molar-refractivity contribution < 1.29 is 23.8 Å². The summed E-state index contributed by atoms with van der Waals surface area (Å²) in [5, 5.41) is 0. The van der Waals surface area contributed by atoms with Gasteiger partial charge in [0.05, 0.1) is 20.6 Å². The Hall–Kier alpha value is -2.04. The molecule has 0 spiro atoms. The third kappa shape index (κ3) is 2.30. The molecule has 0 amide bonds. The van der Waals surface area contributed by atoms with Gasteiger partial charge >= 0.3 is 11.9 Å². The number of rotatable bonds is 3. The summed E-state index contributed by atoms with van der Waals surface area (Å²) in [4.78, 5) is 22.9. The summed E-state index contributed by atoms with van der Waals surface area (Å²) in [6, 6.07) is 7.07. The molecule has 0 radical (unpaired) electrons. The van der Waals surface area contributed by atoms with Crippen molar-refractivity contribution in [2.24, 2.45) is 5.92 Å². The van der Waals surface area contributed by atoms with Crippen LogP contribution in [0.5, 0.6) is 5.75 Å². The maximum absolute atomic E-state index is 11.6. The summed E-state index contributed by atoms with van der Waals surface area (Å²) >= 11 is 0. The Balaban J connectivity index is 2.23. The Morgan fingerprint density at radius 2 is 1.94 bits per heavy atom. The van der Waals surface area contributed by atoms with Gasteiger partial charge < -0.3 is 14.2 Å². The molecule has 2 atom stereocenters. The molecular weight excluding hydrogens is 236 g/mol. The molecule has 5 heteroatoms. The monoisotopic (exact) mass is 250 g/mol. The van der Waals surface area contributed by atoms with Crippen LogP contribution in [0.1, 0.15) is 18.1 Å². The fourth-order valence-electron chi connectivity index (χ4n) is 2.01. The zero-order valence-corrected chi connectivity index (χ0v) is 10.2. The molecule has 2 rings (SSSR count). The fraction of sp³-hybridized carbons (Fsp3) is 0.385. The lowest BCUT2D eigenvalue weighted by atomic mass is 9.95. The number of ether oxygens (including phenoxy) is 3. The van der Waals surface area contributed by atoms with E-state index >= 15 is 0 Å². The van der Waals surface area contributed by atoms with Crippen molar-refractivity contribution in [2.75, 3.05) is 14.2 Å². The number of methoxy groups -OCH3 is 2. The van der Waals surface area contributed by atoms with Gasteiger partial charge in [-0.1, -0.05) is 12.1 Å². The minimum Gasteiger partial charge on any atom is -0.497 e. The quantitative estimate of drug-likeness (QED) is 0.760. The van der Waals surface area contributed by atoms with Crippen LogP contribution in [0.25, 0.3) is 0 Å².